The van der Waals surface area contributed by atoms with Gasteiger partial charge in [0.05, 0.1) is 5.75 Å². The molecule has 1 heterocycles. The van der Waals surface area contributed by atoms with Crippen molar-refractivity contribution in [2.24, 2.45) is 7.05 Å². The smallest absolute Gasteiger partial charge is 0.230 e. The highest BCUT2D eigenvalue weighted by Gasteiger charge is 2.17. The molecule has 1 aliphatic carbocycles. The normalized spacial score (nSPS) is 15.4. The van der Waals surface area contributed by atoms with Crippen molar-refractivity contribution in [3.8, 4) is 11.4 Å². The maximum atomic E-state index is 12.1. The van der Waals surface area contributed by atoms with E-state index in [1.807, 2.05) is 35.9 Å². The van der Waals surface area contributed by atoms with Crippen molar-refractivity contribution < 1.29 is 4.79 Å². The van der Waals surface area contributed by atoms with Gasteiger partial charge >= 0.3 is 0 Å². The average Bonchev–Trinajstić information content (AvgIpc) is 2.95. The first-order valence-electron chi connectivity index (χ1n) is 8.21. The molecule has 0 bridgehead atoms. The minimum atomic E-state index is 0.0834. The van der Waals surface area contributed by atoms with Gasteiger partial charge in [0.25, 0.3) is 0 Å². The summed E-state index contributed by atoms with van der Waals surface area (Å²) in [6.07, 6.45) is 5.94. The molecule has 1 aliphatic rings. The third-order valence-electron chi connectivity index (χ3n) is 4.24. The van der Waals surface area contributed by atoms with Gasteiger partial charge in [-0.25, -0.2) is 0 Å². The molecule has 1 N–H and O–H groups in total. The number of hydrogen-bond donors (Lipinski definition) is 1. The van der Waals surface area contributed by atoms with Gasteiger partial charge in [-0.1, -0.05) is 59.1 Å². The van der Waals surface area contributed by atoms with E-state index in [1.54, 1.807) is 0 Å². The Labute approximate surface area is 154 Å². The van der Waals surface area contributed by atoms with Gasteiger partial charge in [-0.15, -0.1) is 10.2 Å². The first-order chi connectivity index (χ1) is 11.6. The van der Waals surface area contributed by atoms with Gasteiger partial charge in [-0.05, 0) is 25.0 Å². The van der Waals surface area contributed by atoms with Crippen LogP contribution < -0.4 is 5.32 Å². The quantitative estimate of drug-likeness (QED) is 0.764. The molecule has 0 unspecified atom stereocenters. The lowest BCUT2D eigenvalue weighted by Gasteiger charge is -2.22. The van der Waals surface area contributed by atoms with Crippen LogP contribution in [0.3, 0.4) is 0 Å². The molecule has 1 amide bonds. The zero-order valence-corrected chi connectivity index (χ0v) is 16.1. The van der Waals surface area contributed by atoms with Crippen LogP contribution in [0.2, 0.25) is 0 Å². The molecule has 5 nitrogen and oxygen atoms in total. The highest BCUT2D eigenvalue weighted by atomic mass is 79.9. The molecular weight excluding hydrogens is 388 g/mol. The second-order valence-corrected chi connectivity index (χ2v) is 7.92. The van der Waals surface area contributed by atoms with E-state index in [4.69, 9.17) is 0 Å². The van der Waals surface area contributed by atoms with E-state index >= 15 is 0 Å². The van der Waals surface area contributed by atoms with Crippen molar-refractivity contribution in [1.82, 2.24) is 20.1 Å². The third kappa shape index (κ3) is 4.39. The summed E-state index contributed by atoms with van der Waals surface area (Å²) >= 11 is 4.86. The van der Waals surface area contributed by atoms with Crippen molar-refractivity contribution in [2.75, 3.05) is 5.75 Å². The predicted octanol–water partition coefficient (Wildman–Crippen LogP) is 3.79. The van der Waals surface area contributed by atoms with Crippen LogP contribution in [0.5, 0.6) is 0 Å². The van der Waals surface area contributed by atoms with Gasteiger partial charge in [0.15, 0.2) is 11.0 Å². The largest absolute Gasteiger partial charge is 0.353 e. The summed E-state index contributed by atoms with van der Waals surface area (Å²) in [5, 5.41) is 12.4. The second-order valence-electron chi connectivity index (χ2n) is 6.06. The first kappa shape index (κ1) is 17.5. The summed E-state index contributed by atoms with van der Waals surface area (Å²) in [7, 11) is 1.93. The molecule has 24 heavy (non-hydrogen) atoms. The summed E-state index contributed by atoms with van der Waals surface area (Å²) in [5.41, 5.74) is 1.01. The Morgan fingerprint density at radius 1 is 1.25 bits per heavy atom. The minimum Gasteiger partial charge on any atom is -0.353 e. The maximum Gasteiger partial charge on any atom is 0.230 e. The highest BCUT2D eigenvalue weighted by Crippen LogP contribution is 2.24. The molecule has 128 valence electrons. The molecule has 1 saturated carbocycles. The van der Waals surface area contributed by atoms with Gasteiger partial charge in [-0.3, -0.25) is 4.79 Å². The number of carbonyl (C=O) groups excluding carboxylic acids is 1. The predicted molar refractivity (Wildman–Crippen MR) is 99.9 cm³/mol. The number of amides is 1. The molecule has 0 aliphatic heterocycles. The molecule has 0 spiro atoms. The lowest BCUT2D eigenvalue weighted by molar-refractivity contribution is -0.119. The molecule has 3 rings (SSSR count). The fourth-order valence-electron chi connectivity index (χ4n) is 2.94. The Bertz CT molecular complexity index is 695. The van der Waals surface area contributed by atoms with Crippen molar-refractivity contribution in [3.63, 3.8) is 0 Å². The SMILES string of the molecule is Cn1c(SCC(=O)NC2CCCCC2)nnc1-c1ccc(Br)cc1. The van der Waals surface area contributed by atoms with Gasteiger partial charge in [0.2, 0.25) is 5.91 Å². The van der Waals surface area contributed by atoms with Crippen LogP contribution in [0.25, 0.3) is 11.4 Å². The first-order valence-corrected chi connectivity index (χ1v) is 9.99. The Morgan fingerprint density at radius 2 is 1.96 bits per heavy atom. The van der Waals surface area contributed by atoms with E-state index in [1.165, 1.54) is 31.0 Å². The number of nitrogens with one attached hydrogen (secondary N) is 1. The average molecular weight is 409 g/mol. The molecular formula is C17H21BrN4OS. The highest BCUT2D eigenvalue weighted by molar-refractivity contribution is 9.10. The number of thioether (sulfide) groups is 1. The Kier molecular flexibility index (Phi) is 5.94. The van der Waals surface area contributed by atoms with Crippen LogP contribution in [0.15, 0.2) is 33.9 Å². The number of hydrogen-bond acceptors (Lipinski definition) is 4. The molecule has 1 aromatic carbocycles. The summed E-state index contributed by atoms with van der Waals surface area (Å²) in [5.74, 6) is 1.26. The molecule has 1 aromatic heterocycles. The topological polar surface area (TPSA) is 59.8 Å². The molecule has 0 atom stereocenters. The van der Waals surface area contributed by atoms with Crippen molar-refractivity contribution in [3.05, 3.63) is 28.7 Å². The summed E-state index contributed by atoms with van der Waals surface area (Å²) in [6, 6.07) is 8.31. The molecule has 7 heteroatoms. The van der Waals surface area contributed by atoms with Crippen molar-refractivity contribution in [2.45, 2.75) is 43.3 Å². The summed E-state index contributed by atoms with van der Waals surface area (Å²) in [6.45, 7) is 0. The number of carbonyl (C=O) groups is 1. The summed E-state index contributed by atoms with van der Waals surface area (Å²) in [4.78, 5) is 12.1. The van der Waals surface area contributed by atoms with E-state index in [0.717, 1.165) is 33.9 Å². The number of benzene rings is 1. The number of halogens is 1. The maximum absolute atomic E-state index is 12.1. The van der Waals surface area contributed by atoms with Crippen molar-refractivity contribution >= 4 is 33.6 Å². The number of rotatable bonds is 5. The second kappa shape index (κ2) is 8.16. The van der Waals surface area contributed by atoms with E-state index in [2.05, 4.69) is 31.4 Å². The third-order valence-corrected chi connectivity index (χ3v) is 5.79. The Hall–Kier alpha value is -1.34. The van der Waals surface area contributed by atoms with E-state index in [0.29, 0.717) is 11.8 Å². The van der Waals surface area contributed by atoms with Gasteiger partial charge < -0.3 is 9.88 Å². The van der Waals surface area contributed by atoms with E-state index in [-0.39, 0.29) is 5.91 Å². The molecule has 1 fully saturated rings. The standard InChI is InChI=1S/C17H21BrN4OS/c1-22-16(12-7-9-13(18)10-8-12)20-21-17(22)24-11-15(23)19-14-5-3-2-4-6-14/h7-10,14H,2-6,11H2,1H3,(H,19,23). The van der Waals surface area contributed by atoms with Gasteiger partial charge in [-0.2, -0.15) is 0 Å². The van der Waals surface area contributed by atoms with E-state index in [9.17, 15) is 4.79 Å². The van der Waals surface area contributed by atoms with Crippen LogP contribution >= 0.6 is 27.7 Å². The minimum absolute atomic E-state index is 0.0834. The van der Waals surface area contributed by atoms with Gasteiger partial charge in [0.1, 0.15) is 0 Å². The molecule has 0 saturated heterocycles. The van der Waals surface area contributed by atoms with Crippen LogP contribution in [0.4, 0.5) is 0 Å². The molecule has 0 radical (unpaired) electrons. The monoisotopic (exact) mass is 408 g/mol. The van der Waals surface area contributed by atoms with Gasteiger partial charge in [0, 0.05) is 23.1 Å². The van der Waals surface area contributed by atoms with Crippen LogP contribution in [0, 0.1) is 0 Å². The van der Waals surface area contributed by atoms with Crippen LogP contribution in [-0.4, -0.2) is 32.5 Å². The number of aromatic nitrogens is 3. The lowest BCUT2D eigenvalue weighted by Crippen LogP contribution is -2.37. The fourth-order valence-corrected chi connectivity index (χ4v) is 3.92. The van der Waals surface area contributed by atoms with Crippen LogP contribution in [0.1, 0.15) is 32.1 Å². The number of nitrogens with zero attached hydrogens (tertiary/aromatic N) is 3. The summed E-state index contributed by atoms with van der Waals surface area (Å²) < 4.78 is 2.96. The Balaban J connectivity index is 1.57. The lowest BCUT2D eigenvalue weighted by atomic mass is 9.95. The zero-order chi connectivity index (χ0) is 16.9. The zero-order valence-electron chi connectivity index (χ0n) is 13.7. The molecule has 2 aromatic rings. The Morgan fingerprint density at radius 3 is 2.67 bits per heavy atom. The van der Waals surface area contributed by atoms with Crippen LogP contribution in [-0.2, 0) is 11.8 Å². The van der Waals surface area contributed by atoms with E-state index < -0.39 is 0 Å². The van der Waals surface area contributed by atoms with Crippen molar-refractivity contribution in [1.29, 1.82) is 0 Å². The fraction of sp³-hybridized carbons (Fsp3) is 0.471.